The number of hydrogen-bond acceptors (Lipinski definition) is 4. The van der Waals surface area contributed by atoms with Crippen molar-refractivity contribution >= 4 is 5.69 Å². The lowest BCUT2D eigenvalue weighted by atomic mass is 9.87. The van der Waals surface area contributed by atoms with Gasteiger partial charge in [0.15, 0.2) is 0 Å². The van der Waals surface area contributed by atoms with E-state index in [9.17, 15) is 0 Å². The number of ether oxygens (including phenoxy) is 3. The van der Waals surface area contributed by atoms with Crippen LogP contribution in [0.3, 0.4) is 0 Å². The Hall–Kier alpha value is -3.14. The molecule has 1 N–H and O–H groups in total. The Morgan fingerprint density at radius 3 is 2.06 bits per heavy atom. The van der Waals surface area contributed by atoms with Crippen LogP contribution in [0.25, 0.3) is 0 Å². The highest BCUT2D eigenvalue weighted by atomic mass is 16.5. The molecule has 0 aliphatic rings. The maximum absolute atomic E-state index is 6.05. The minimum Gasteiger partial charge on any atom is -0.490 e. The Morgan fingerprint density at radius 2 is 1.39 bits per heavy atom. The van der Waals surface area contributed by atoms with Crippen molar-refractivity contribution < 1.29 is 14.2 Å². The summed E-state index contributed by atoms with van der Waals surface area (Å²) in [6.45, 7) is 10.4. The lowest BCUT2D eigenvalue weighted by Crippen LogP contribution is -2.22. The van der Waals surface area contributed by atoms with E-state index in [4.69, 9.17) is 14.2 Å². The average Bonchev–Trinajstić information content (AvgIpc) is 2.76. The van der Waals surface area contributed by atoms with E-state index >= 15 is 0 Å². The van der Waals surface area contributed by atoms with Crippen molar-refractivity contribution in [1.29, 1.82) is 0 Å². The third-order valence-corrected chi connectivity index (χ3v) is 4.85. The normalized spacial score (nSPS) is 12.1. The number of para-hydroxylation sites is 1. The molecule has 0 aliphatic heterocycles. The molecule has 0 amide bonds. The van der Waals surface area contributed by atoms with E-state index in [0.717, 1.165) is 22.9 Å². The summed E-state index contributed by atoms with van der Waals surface area (Å²) in [4.78, 5) is 0. The summed E-state index contributed by atoms with van der Waals surface area (Å²) >= 11 is 0. The van der Waals surface area contributed by atoms with Gasteiger partial charge >= 0.3 is 0 Å². The van der Waals surface area contributed by atoms with Crippen molar-refractivity contribution in [3.05, 3.63) is 84.4 Å². The van der Waals surface area contributed by atoms with Gasteiger partial charge in [-0.25, -0.2) is 0 Å². The highest BCUT2D eigenvalue weighted by molar-refractivity contribution is 5.48. The van der Waals surface area contributed by atoms with Crippen molar-refractivity contribution in [3.63, 3.8) is 0 Å². The van der Waals surface area contributed by atoms with Crippen LogP contribution in [0, 0.1) is 0 Å². The first-order chi connectivity index (χ1) is 14.9. The topological polar surface area (TPSA) is 39.7 Å². The lowest BCUT2D eigenvalue weighted by Gasteiger charge is -2.20. The molecule has 3 aromatic rings. The fourth-order valence-corrected chi connectivity index (χ4v) is 3.10. The molecule has 0 saturated carbocycles. The summed E-state index contributed by atoms with van der Waals surface area (Å²) in [5.74, 6) is 2.55. The second-order valence-corrected chi connectivity index (χ2v) is 8.62. The van der Waals surface area contributed by atoms with Crippen LogP contribution in [-0.2, 0) is 5.41 Å². The van der Waals surface area contributed by atoms with Gasteiger partial charge in [0.1, 0.15) is 36.6 Å². The van der Waals surface area contributed by atoms with Gasteiger partial charge in [-0.05, 0) is 54.3 Å². The smallest absolute Gasteiger partial charge is 0.122 e. The SMILES string of the molecule is CC(CNc1cccc(OCCOc2ccccc2)c1)Oc1ccc(C(C)(C)C)cc1. The molecule has 0 radical (unpaired) electrons. The first-order valence-electron chi connectivity index (χ1n) is 10.8. The molecule has 0 aliphatic carbocycles. The molecule has 1 unspecified atom stereocenters. The minimum absolute atomic E-state index is 0.0318. The molecule has 164 valence electrons. The molecule has 1 atom stereocenters. The van der Waals surface area contributed by atoms with Crippen LogP contribution in [0.1, 0.15) is 33.3 Å². The molecule has 0 heterocycles. The van der Waals surface area contributed by atoms with Gasteiger partial charge in [0.25, 0.3) is 0 Å². The molecule has 4 nitrogen and oxygen atoms in total. The van der Waals surface area contributed by atoms with Gasteiger partial charge in [-0.1, -0.05) is 57.2 Å². The second kappa shape index (κ2) is 10.8. The first kappa shape index (κ1) is 22.5. The summed E-state index contributed by atoms with van der Waals surface area (Å²) in [5.41, 5.74) is 2.45. The van der Waals surface area contributed by atoms with Crippen LogP contribution in [0.2, 0.25) is 0 Å². The van der Waals surface area contributed by atoms with E-state index in [1.807, 2.05) is 66.7 Å². The zero-order valence-electron chi connectivity index (χ0n) is 18.9. The molecular formula is C27H33NO3. The van der Waals surface area contributed by atoms with Gasteiger partial charge < -0.3 is 19.5 Å². The van der Waals surface area contributed by atoms with Crippen molar-refractivity contribution in [3.8, 4) is 17.2 Å². The molecule has 4 heteroatoms. The molecule has 0 aromatic heterocycles. The fraction of sp³-hybridized carbons (Fsp3) is 0.333. The van der Waals surface area contributed by atoms with Gasteiger partial charge in [0.2, 0.25) is 0 Å². The minimum atomic E-state index is 0.0318. The van der Waals surface area contributed by atoms with E-state index in [0.29, 0.717) is 19.8 Å². The predicted molar refractivity (Wildman–Crippen MR) is 128 cm³/mol. The largest absolute Gasteiger partial charge is 0.490 e. The molecule has 3 rings (SSSR count). The summed E-state index contributed by atoms with van der Waals surface area (Å²) in [7, 11) is 0. The van der Waals surface area contributed by atoms with Crippen molar-refractivity contribution in [2.75, 3.05) is 25.1 Å². The Kier molecular flexibility index (Phi) is 7.82. The van der Waals surface area contributed by atoms with Crippen LogP contribution in [0.4, 0.5) is 5.69 Å². The third-order valence-electron chi connectivity index (χ3n) is 4.85. The number of hydrogen-bond donors (Lipinski definition) is 1. The predicted octanol–water partition coefficient (Wildman–Crippen LogP) is 6.32. The van der Waals surface area contributed by atoms with Gasteiger partial charge in [0.05, 0.1) is 6.54 Å². The van der Waals surface area contributed by atoms with E-state index in [-0.39, 0.29) is 11.5 Å². The number of anilines is 1. The maximum Gasteiger partial charge on any atom is 0.122 e. The van der Waals surface area contributed by atoms with Crippen molar-refractivity contribution in [2.45, 2.75) is 39.2 Å². The van der Waals surface area contributed by atoms with E-state index < -0.39 is 0 Å². The third kappa shape index (κ3) is 7.56. The monoisotopic (exact) mass is 419 g/mol. The summed E-state index contributed by atoms with van der Waals surface area (Å²) < 4.78 is 17.5. The zero-order chi connectivity index (χ0) is 22.1. The number of nitrogens with one attached hydrogen (secondary N) is 1. The summed E-state index contributed by atoms with van der Waals surface area (Å²) in [6, 6.07) is 26.1. The Morgan fingerprint density at radius 1 is 0.742 bits per heavy atom. The standard InChI is InChI=1S/C27H33NO3/c1-21(31-25-15-13-22(14-16-25)27(2,3)4)20-28-23-9-8-12-26(19-23)30-18-17-29-24-10-6-5-7-11-24/h5-16,19,21,28H,17-18,20H2,1-4H3. The highest BCUT2D eigenvalue weighted by Gasteiger charge is 2.13. The van der Waals surface area contributed by atoms with E-state index in [1.54, 1.807) is 0 Å². The molecule has 0 fully saturated rings. The fourth-order valence-electron chi connectivity index (χ4n) is 3.10. The quantitative estimate of drug-likeness (QED) is 0.390. The number of rotatable bonds is 10. The highest BCUT2D eigenvalue weighted by Crippen LogP contribution is 2.25. The van der Waals surface area contributed by atoms with Crippen LogP contribution >= 0.6 is 0 Å². The van der Waals surface area contributed by atoms with E-state index in [2.05, 4.69) is 45.1 Å². The van der Waals surface area contributed by atoms with E-state index in [1.165, 1.54) is 5.56 Å². The molecular weight excluding hydrogens is 386 g/mol. The molecule has 0 saturated heterocycles. The van der Waals surface area contributed by atoms with Crippen molar-refractivity contribution in [2.24, 2.45) is 0 Å². The van der Waals surface area contributed by atoms with Crippen LogP contribution in [0.5, 0.6) is 17.2 Å². The van der Waals surface area contributed by atoms with Gasteiger partial charge in [-0.15, -0.1) is 0 Å². The van der Waals surface area contributed by atoms with Gasteiger partial charge in [0, 0.05) is 11.8 Å². The Bertz CT molecular complexity index is 917. The van der Waals surface area contributed by atoms with Gasteiger partial charge in [-0.3, -0.25) is 0 Å². The molecule has 31 heavy (non-hydrogen) atoms. The zero-order valence-corrected chi connectivity index (χ0v) is 18.9. The Labute approximate surface area is 186 Å². The molecule has 3 aromatic carbocycles. The average molecular weight is 420 g/mol. The Balaban J connectivity index is 1.41. The first-order valence-corrected chi connectivity index (χ1v) is 10.8. The molecule has 0 bridgehead atoms. The molecule has 0 spiro atoms. The van der Waals surface area contributed by atoms with Gasteiger partial charge in [-0.2, -0.15) is 0 Å². The summed E-state index contributed by atoms with van der Waals surface area (Å²) in [5, 5.41) is 3.42. The van der Waals surface area contributed by atoms with Crippen LogP contribution < -0.4 is 19.5 Å². The van der Waals surface area contributed by atoms with Crippen LogP contribution in [0.15, 0.2) is 78.9 Å². The number of benzene rings is 3. The lowest BCUT2D eigenvalue weighted by molar-refractivity contribution is 0.217. The second-order valence-electron chi connectivity index (χ2n) is 8.62. The maximum atomic E-state index is 6.05. The summed E-state index contributed by atoms with van der Waals surface area (Å²) in [6.07, 6.45) is 0.0318. The van der Waals surface area contributed by atoms with Crippen molar-refractivity contribution in [1.82, 2.24) is 0 Å². The van der Waals surface area contributed by atoms with Crippen LogP contribution in [-0.4, -0.2) is 25.9 Å².